The molecule has 1 heterocycles. The zero-order chi connectivity index (χ0) is 13.7. The third-order valence-electron chi connectivity index (χ3n) is 2.59. The number of rotatable bonds is 5. The van der Waals surface area contributed by atoms with Crippen molar-refractivity contribution in [2.45, 2.75) is 6.54 Å². The van der Waals surface area contributed by atoms with Crippen molar-refractivity contribution in [1.82, 2.24) is 9.78 Å². The van der Waals surface area contributed by atoms with Crippen molar-refractivity contribution in [2.24, 2.45) is 0 Å². The third-order valence-corrected chi connectivity index (χ3v) is 2.59. The van der Waals surface area contributed by atoms with Gasteiger partial charge in [-0.25, -0.2) is 4.79 Å². The SMILES string of the molecule is COC(=O)c1c(N)cccc1OCCn1cccn1. The van der Waals surface area contributed by atoms with Crippen LogP contribution in [0.2, 0.25) is 0 Å². The summed E-state index contributed by atoms with van der Waals surface area (Å²) in [5.41, 5.74) is 6.36. The second-order valence-corrected chi connectivity index (χ2v) is 3.83. The molecule has 2 N–H and O–H groups in total. The van der Waals surface area contributed by atoms with Crippen molar-refractivity contribution in [2.75, 3.05) is 19.5 Å². The highest BCUT2D eigenvalue weighted by Gasteiger charge is 2.16. The number of hydrogen-bond acceptors (Lipinski definition) is 5. The van der Waals surface area contributed by atoms with E-state index in [0.717, 1.165) is 0 Å². The van der Waals surface area contributed by atoms with Crippen LogP contribution in [0.25, 0.3) is 0 Å². The number of carbonyl (C=O) groups is 1. The summed E-state index contributed by atoms with van der Waals surface area (Å²) >= 11 is 0. The Morgan fingerprint density at radius 3 is 2.95 bits per heavy atom. The summed E-state index contributed by atoms with van der Waals surface area (Å²) in [5, 5.41) is 4.06. The van der Waals surface area contributed by atoms with E-state index in [0.29, 0.717) is 24.6 Å². The quantitative estimate of drug-likeness (QED) is 0.649. The van der Waals surface area contributed by atoms with E-state index in [1.54, 1.807) is 29.1 Å². The molecule has 0 atom stereocenters. The number of nitrogens with zero attached hydrogens (tertiary/aromatic N) is 2. The van der Waals surface area contributed by atoms with Crippen LogP contribution in [-0.2, 0) is 11.3 Å². The summed E-state index contributed by atoms with van der Waals surface area (Å²) in [6.45, 7) is 0.970. The van der Waals surface area contributed by atoms with E-state index in [9.17, 15) is 4.79 Å². The molecule has 2 aromatic rings. The maximum atomic E-state index is 11.6. The molecule has 0 aliphatic rings. The van der Waals surface area contributed by atoms with Gasteiger partial charge in [-0.05, 0) is 18.2 Å². The highest BCUT2D eigenvalue weighted by atomic mass is 16.5. The Hall–Kier alpha value is -2.50. The molecule has 100 valence electrons. The molecule has 0 radical (unpaired) electrons. The van der Waals surface area contributed by atoms with Gasteiger partial charge in [0.1, 0.15) is 17.9 Å². The van der Waals surface area contributed by atoms with Gasteiger partial charge in [0.05, 0.1) is 13.7 Å². The number of nitrogens with two attached hydrogens (primary N) is 1. The van der Waals surface area contributed by atoms with Crippen molar-refractivity contribution in [3.05, 3.63) is 42.2 Å². The van der Waals surface area contributed by atoms with Crippen molar-refractivity contribution in [1.29, 1.82) is 0 Å². The van der Waals surface area contributed by atoms with Gasteiger partial charge in [0, 0.05) is 18.1 Å². The average molecular weight is 261 g/mol. The summed E-state index contributed by atoms with van der Waals surface area (Å²) in [4.78, 5) is 11.6. The monoisotopic (exact) mass is 261 g/mol. The predicted molar refractivity (Wildman–Crippen MR) is 69.9 cm³/mol. The topological polar surface area (TPSA) is 79.4 Å². The van der Waals surface area contributed by atoms with Gasteiger partial charge in [0.25, 0.3) is 0 Å². The number of ether oxygens (including phenoxy) is 2. The average Bonchev–Trinajstić information content (AvgIpc) is 2.91. The van der Waals surface area contributed by atoms with Crippen LogP contribution >= 0.6 is 0 Å². The van der Waals surface area contributed by atoms with Crippen LogP contribution in [0.15, 0.2) is 36.7 Å². The minimum atomic E-state index is -0.507. The zero-order valence-corrected chi connectivity index (χ0v) is 10.6. The molecule has 0 bridgehead atoms. The van der Waals surface area contributed by atoms with E-state index in [-0.39, 0.29) is 5.56 Å². The Morgan fingerprint density at radius 2 is 2.26 bits per heavy atom. The third kappa shape index (κ3) is 3.04. The summed E-state index contributed by atoms with van der Waals surface area (Å²) in [6, 6.07) is 6.88. The fourth-order valence-corrected chi connectivity index (χ4v) is 1.67. The van der Waals surface area contributed by atoms with E-state index in [1.165, 1.54) is 7.11 Å². The van der Waals surface area contributed by atoms with Gasteiger partial charge < -0.3 is 15.2 Å². The van der Waals surface area contributed by atoms with E-state index in [4.69, 9.17) is 15.2 Å². The van der Waals surface area contributed by atoms with E-state index in [2.05, 4.69) is 5.10 Å². The Kier molecular flexibility index (Phi) is 4.02. The molecule has 1 aromatic carbocycles. The van der Waals surface area contributed by atoms with Gasteiger partial charge >= 0.3 is 5.97 Å². The normalized spacial score (nSPS) is 10.2. The minimum absolute atomic E-state index is 0.255. The molecular formula is C13H15N3O3. The lowest BCUT2D eigenvalue weighted by Gasteiger charge is -2.12. The molecule has 0 fully saturated rings. The van der Waals surface area contributed by atoms with Gasteiger partial charge in [-0.1, -0.05) is 6.07 Å². The first-order valence-corrected chi connectivity index (χ1v) is 5.79. The van der Waals surface area contributed by atoms with Crippen LogP contribution in [-0.4, -0.2) is 29.5 Å². The van der Waals surface area contributed by atoms with E-state index < -0.39 is 5.97 Å². The summed E-state index contributed by atoms with van der Waals surface area (Å²) in [6.07, 6.45) is 3.53. The Labute approximate surface area is 110 Å². The molecule has 0 amide bonds. The molecule has 6 heteroatoms. The highest BCUT2D eigenvalue weighted by Crippen LogP contribution is 2.25. The Balaban J connectivity index is 2.07. The van der Waals surface area contributed by atoms with Crippen molar-refractivity contribution in [3.63, 3.8) is 0 Å². The molecule has 0 spiro atoms. The van der Waals surface area contributed by atoms with Gasteiger partial charge in [0.2, 0.25) is 0 Å². The molecule has 6 nitrogen and oxygen atoms in total. The molecule has 0 unspecified atom stereocenters. The number of nitrogen functional groups attached to an aromatic ring is 1. The zero-order valence-electron chi connectivity index (χ0n) is 10.6. The molecular weight excluding hydrogens is 246 g/mol. The van der Waals surface area contributed by atoms with E-state index in [1.807, 2.05) is 12.3 Å². The molecule has 2 rings (SSSR count). The first kappa shape index (κ1) is 12.9. The lowest BCUT2D eigenvalue weighted by Crippen LogP contribution is -2.12. The Morgan fingerprint density at radius 1 is 1.42 bits per heavy atom. The second-order valence-electron chi connectivity index (χ2n) is 3.83. The largest absolute Gasteiger partial charge is 0.491 e. The molecule has 0 aliphatic heterocycles. The van der Waals surface area contributed by atoms with Gasteiger partial charge in [-0.3, -0.25) is 4.68 Å². The number of hydrogen-bond donors (Lipinski definition) is 1. The lowest BCUT2D eigenvalue weighted by molar-refractivity contribution is 0.0597. The molecule has 0 saturated carbocycles. The van der Waals surface area contributed by atoms with Crippen LogP contribution in [0.5, 0.6) is 5.75 Å². The highest BCUT2D eigenvalue weighted by molar-refractivity contribution is 5.98. The molecule has 19 heavy (non-hydrogen) atoms. The predicted octanol–water partition coefficient (Wildman–Crippen LogP) is 1.33. The van der Waals surface area contributed by atoms with Gasteiger partial charge in [-0.2, -0.15) is 5.10 Å². The van der Waals surface area contributed by atoms with Gasteiger partial charge in [-0.15, -0.1) is 0 Å². The first-order chi connectivity index (χ1) is 9.22. The van der Waals surface area contributed by atoms with Crippen molar-refractivity contribution in [3.8, 4) is 5.75 Å². The summed E-state index contributed by atoms with van der Waals surface area (Å²) < 4.78 is 12.0. The maximum absolute atomic E-state index is 11.6. The molecule has 0 aliphatic carbocycles. The summed E-state index contributed by atoms with van der Waals surface area (Å²) in [5.74, 6) is -0.0915. The first-order valence-electron chi connectivity index (χ1n) is 5.79. The van der Waals surface area contributed by atoms with Crippen LogP contribution in [0.4, 0.5) is 5.69 Å². The fraction of sp³-hybridized carbons (Fsp3) is 0.231. The van der Waals surface area contributed by atoms with E-state index >= 15 is 0 Å². The Bertz CT molecular complexity index is 552. The number of esters is 1. The smallest absolute Gasteiger partial charge is 0.343 e. The molecule has 1 aromatic heterocycles. The number of aromatic nitrogens is 2. The standard InChI is InChI=1S/C13H15N3O3/c1-18-13(17)12-10(14)4-2-5-11(12)19-9-8-16-7-3-6-15-16/h2-7H,8-9,14H2,1H3. The number of carbonyl (C=O) groups excluding carboxylic acids is 1. The molecule has 0 saturated heterocycles. The van der Waals surface area contributed by atoms with Crippen molar-refractivity contribution < 1.29 is 14.3 Å². The fourth-order valence-electron chi connectivity index (χ4n) is 1.67. The van der Waals surface area contributed by atoms with Crippen LogP contribution in [0.3, 0.4) is 0 Å². The van der Waals surface area contributed by atoms with Crippen molar-refractivity contribution >= 4 is 11.7 Å². The van der Waals surface area contributed by atoms with Gasteiger partial charge in [0.15, 0.2) is 0 Å². The number of benzene rings is 1. The second kappa shape index (κ2) is 5.90. The number of methoxy groups -OCH3 is 1. The number of anilines is 1. The minimum Gasteiger partial charge on any atom is -0.491 e. The lowest BCUT2D eigenvalue weighted by atomic mass is 10.1. The van der Waals surface area contributed by atoms with Crippen LogP contribution < -0.4 is 10.5 Å². The van der Waals surface area contributed by atoms with Crippen LogP contribution in [0, 0.1) is 0 Å². The van der Waals surface area contributed by atoms with Crippen LogP contribution in [0.1, 0.15) is 10.4 Å². The summed E-state index contributed by atoms with van der Waals surface area (Å²) in [7, 11) is 1.31. The maximum Gasteiger partial charge on any atom is 0.343 e.